The van der Waals surface area contributed by atoms with E-state index in [9.17, 15) is 8.78 Å². The largest absolute Gasteiger partial charge is 0.491 e. The summed E-state index contributed by atoms with van der Waals surface area (Å²) in [5, 5.41) is 17.7. The molecule has 0 aromatic heterocycles. The number of hydrogen-bond acceptors (Lipinski definition) is 3. The molecular weight excluding hydrogens is 265 g/mol. The van der Waals surface area contributed by atoms with Gasteiger partial charge in [0.25, 0.3) is 0 Å². The van der Waals surface area contributed by atoms with Gasteiger partial charge in [-0.25, -0.2) is 4.39 Å². The third-order valence-corrected chi connectivity index (χ3v) is 3.11. The predicted molar refractivity (Wildman–Crippen MR) is 75.1 cm³/mol. The van der Waals surface area contributed by atoms with Gasteiger partial charge in [-0.1, -0.05) is 45.1 Å². The Hall–Kier alpha value is -1.14. The molecule has 0 unspecified atom stereocenters. The highest BCUT2D eigenvalue weighted by Crippen LogP contribution is 2.19. The third kappa shape index (κ3) is 5.09. The van der Waals surface area contributed by atoms with Gasteiger partial charge in [0.1, 0.15) is 0 Å². The number of unbranched alkanes of at least 4 members (excludes halogenated alkanes) is 5. The lowest BCUT2D eigenvalue weighted by Gasteiger charge is -2.10. The van der Waals surface area contributed by atoms with E-state index in [2.05, 4.69) is 6.92 Å². The molecule has 0 aliphatic rings. The maximum Gasteiger partial charge on any atom is 0.491 e. The highest BCUT2D eigenvalue weighted by atomic mass is 19.2. The van der Waals surface area contributed by atoms with Crippen molar-refractivity contribution in [2.24, 2.45) is 0 Å². The van der Waals surface area contributed by atoms with Crippen LogP contribution in [0.15, 0.2) is 12.1 Å². The lowest BCUT2D eigenvalue weighted by atomic mass is 9.80. The molecule has 0 radical (unpaired) electrons. The normalized spacial score (nSPS) is 10.7. The molecule has 1 rings (SSSR count). The first-order valence-electron chi connectivity index (χ1n) is 7.04. The van der Waals surface area contributed by atoms with E-state index in [1.54, 1.807) is 0 Å². The minimum absolute atomic E-state index is 0.194. The summed E-state index contributed by atoms with van der Waals surface area (Å²) in [6.45, 7) is 2.47. The molecule has 1 aromatic rings. The number of halogens is 2. The topological polar surface area (TPSA) is 49.7 Å². The van der Waals surface area contributed by atoms with E-state index in [1.165, 1.54) is 25.3 Å². The monoisotopic (exact) mass is 286 g/mol. The molecule has 0 spiro atoms. The first kappa shape index (κ1) is 16.9. The van der Waals surface area contributed by atoms with E-state index in [0.717, 1.165) is 25.3 Å². The van der Waals surface area contributed by atoms with Crippen molar-refractivity contribution in [1.29, 1.82) is 0 Å². The summed E-state index contributed by atoms with van der Waals surface area (Å²) < 4.78 is 32.2. The molecule has 0 aliphatic carbocycles. The Kier molecular flexibility index (Phi) is 7.55. The van der Waals surface area contributed by atoms with Crippen LogP contribution in [0.1, 0.15) is 45.4 Å². The predicted octanol–water partition coefficient (Wildman–Crippen LogP) is 2.38. The van der Waals surface area contributed by atoms with Crippen LogP contribution in [0.2, 0.25) is 0 Å². The lowest BCUT2D eigenvalue weighted by Crippen LogP contribution is -2.33. The molecule has 0 aliphatic heterocycles. The van der Waals surface area contributed by atoms with Crippen LogP contribution in [-0.4, -0.2) is 23.8 Å². The van der Waals surface area contributed by atoms with Gasteiger partial charge in [0, 0.05) is 5.46 Å². The smallest absolute Gasteiger partial charge is 0.490 e. The number of ether oxygens (including phenoxy) is 1. The quantitative estimate of drug-likeness (QED) is 0.541. The van der Waals surface area contributed by atoms with Crippen LogP contribution < -0.4 is 10.2 Å². The highest BCUT2D eigenvalue weighted by molar-refractivity contribution is 6.58. The maximum absolute atomic E-state index is 13.6. The van der Waals surface area contributed by atoms with Gasteiger partial charge in [-0.2, -0.15) is 4.39 Å². The summed E-state index contributed by atoms with van der Waals surface area (Å²) in [4.78, 5) is 0. The van der Waals surface area contributed by atoms with Crippen LogP contribution >= 0.6 is 0 Å². The molecule has 2 N–H and O–H groups in total. The molecule has 0 bridgehead atoms. The second-order valence-electron chi connectivity index (χ2n) is 4.77. The number of benzene rings is 1. The van der Waals surface area contributed by atoms with Gasteiger partial charge in [-0.15, -0.1) is 0 Å². The Morgan fingerprint density at radius 1 is 1.00 bits per heavy atom. The van der Waals surface area contributed by atoms with E-state index in [-0.39, 0.29) is 5.75 Å². The van der Waals surface area contributed by atoms with E-state index in [1.807, 2.05) is 0 Å². The van der Waals surface area contributed by atoms with Crippen molar-refractivity contribution in [1.82, 2.24) is 0 Å². The number of rotatable bonds is 9. The first-order chi connectivity index (χ1) is 9.57. The highest BCUT2D eigenvalue weighted by Gasteiger charge is 2.22. The van der Waals surface area contributed by atoms with Gasteiger partial charge in [-0.05, 0) is 12.5 Å². The van der Waals surface area contributed by atoms with Gasteiger partial charge in [0.15, 0.2) is 17.4 Å². The van der Waals surface area contributed by atoms with Gasteiger partial charge in [0.05, 0.1) is 6.61 Å². The zero-order chi connectivity index (χ0) is 15.0. The summed E-state index contributed by atoms with van der Waals surface area (Å²) in [5.41, 5.74) is -0.491. The molecule has 0 atom stereocenters. The van der Waals surface area contributed by atoms with Crippen molar-refractivity contribution >= 4 is 12.6 Å². The molecule has 0 heterocycles. The SMILES string of the molecule is CCCCCCCCOc1ccc(B(O)O)c(F)c1F. The van der Waals surface area contributed by atoms with Crippen LogP contribution in [0.3, 0.4) is 0 Å². The van der Waals surface area contributed by atoms with Gasteiger partial charge >= 0.3 is 7.12 Å². The minimum Gasteiger partial charge on any atom is -0.490 e. The fraction of sp³-hybridized carbons (Fsp3) is 0.571. The van der Waals surface area contributed by atoms with E-state index >= 15 is 0 Å². The van der Waals surface area contributed by atoms with Crippen LogP contribution in [0.4, 0.5) is 8.78 Å². The second-order valence-corrected chi connectivity index (χ2v) is 4.77. The van der Waals surface area contributed by atoms with Crippen molar-refractivity contribution in [3.8, 4) is 5.75 Å². The Morgan fingerprint density at radius 3 is 2.30 bits per heavy atom. The minimum atomic E-state index is -2.03. The molecule has 0 saturated heterocycles. The lowest BCUT2D eigenvalue weighted by molar-refractivity contribution is 0.285. The van der Waals surface area contributed by atoms with E-state index in [4.69, 9.17) is 14.8 Å². The van der Waals surface area contributed by atoms with Crippen molar-refractivity contribution in [2.75, 3.05) is 6.61 Å². The molecular formula is C14H21BF2O3. The van der Waals surface area contributed by atoms with E-state index < -0.39 is 24.2 Å². The van der Waals surface area contributed by atoms with Crippen molar-refractivity contribution in [2.45, 2.75) is 45.4 Å². The summed E-state index contributed by atoms with van der Waals surface area (Å²) >= 11 is 0. The van der Waals surface area contributed by atoms with Crippen LogP contribution in [0, 0.1) is 11.6 Å². The van der Waals surface area contributed by atoms with E-state index in [0.29, 0.717) is 6.61 Å². The molecule has 1 aromatic carbocycles. The van der Waals surface area contributed by atoms with Gasteiger partial charge < -0.3 is 14.8 Å². The van der Waals surface area contributed by atoms with Crippen molar-refractivity contribution < 1.29 is 23.6 Å². The van der Waals surface area contributed by atoms with Crippen LogP contribution in [-0.2, 0) is 0 Å². The van der Waals surface area contributed by atoms with Crippen molar-refractivity contribution in [3.63, 3.8) is 0 Å². The summed E-state index contributed by atoms with van der Waals surface area (Å²) in [6, 6.07) is 2.32. The third-order valence-electron chi connectivity index (χ3n) is 3.11. The average Bonchev–Trinajstić information content (AvgIpc) is 2.42. The van der Waals surface area contributed by atoms with Gasteiger partial charge in [0.2, 0.25) is 0 Å². The Balaban J connectivity index is 2.39. The zero-order valence-corrected chi connectivity index (χ0v) is 11.7. The Bertz CT molecular complexity index is 414. The summed E-state index contributed by atoms with van der Waals surface area (Å²) in [5.74, 6) is -2.65. The fourth-order valence-electron chi connectivity index (χ4n) is 1.92. The fourth-order valence-corrected chi connectivity index (χ4v) is 1.92. The second kappa shape index (κ2) is 8.92. The molecule has 20 heavy (non-hydrogen) atoms. The number of hydrogen-bond donors (Lipinski definition) is 2. The van der Waals surface area contributed by atoms with Crippen molar-refractivity contribution in [3.05, 3.63) is 23.8 Å². The molecule has 3 nitrogen and oxygen atoms in total. The molecule has 0 amide bonds. The molecule has 112 valence electrons. The first-order valence-corrected chi connectivity index (χ1v) is 7.04. The van der Waals surface area contributed by atoms with Crippen LogP contribution in [0.5, 0.6) is 5.75 Å². The standard InChI is InChI=1S/C14H21BF2O3/c1-2-3-4-5-6-7-10-20-12-9-8-11(15(18)19)13(16)14(12)17/h8-9,18-19H,2-7,10H2,1H3. The zero-order valence-electron chi connectivity index (χ0n) is 11.7. The Morgan fingerprint density at radius 2 is 1.65 bits per heavy atom. The average molecular weight is 286 g/mol. The van der Waals surface area contributed by atoms with Gasteiger partial charge in [-0.3, -0.25) is 0 Å². The molecule has 0 saturated carbocycles. The Labute approximate surface area is 118 Å². The molecule has 0 fully saturated rings. The molecule has 6 heteroatoms. The summed E-state index contributed by atoms with van der Waals surface area (Å²) in [6.07, 6.45) is 6.48. The van der Waals surface area contributed by atoms with Crippen LogP contribution in [0.25, 0.3) is 0 Å². The maximum atomic E-state index is 13.6. The summed E-state index contributed by atoms with van der Waals surface area (Å²) in [7, 11) is -2.03.